The number of hydrogen-bond acceptors (Lipinski definition) is 6. The Balaban J connectivity index is 0.00000220. The van der Waals surface area contributed by atoms with Gasteiger partial charge in [-0.2, -0.15) is 10.4 Å². The first-order valence-corrected chi connectivity index (χ1v) is 5.28. The SMILES string of the molecule is N#Cc1cnn(-c2ccc(C(=O)O)c(C(=O)[O-])c2)c1N.[K+]. The second-order valence-electron chi connectivity index (χ2n) is 3.79. The fraction of sp³-hybridized carbons (Fsp3) is 0. The molecule has 2 rings (SSSR count). The quantitative estimate of drug-likeness (QED) is 0.557. The topological polar surface area (TPSA) is 145 Å². The number of carboxylic acids is 2. The molecule has 0 aliphatic rings. The number of rotatable bonds is 3. The standard InChI is InChI=1S/C12H8N4O4.K/c13-4-6-5-15-16(10(6)14)7-1-2-8(11(17)18)9(3-7)12(19)20;/h1-3,5H,14H2,(H,17,18)(H,19,20);/q;+1/p-1. The van der Waals surface area contributed by atoms with Gasteiger partial charge in [0.2, 0.25) is 0 Å². The van der Waals surface area contributed by atoms with E-state index in [-0.39, 0.29) is 68.5 Å². The number of carboxylic acid groups (broad SMARTS) is 2. The molecular formula is C12H7KN4O4. The monoisotopic (exact) mass is 310 g/mol. The van der Waals surface area contributed by atoms with Crippen molar-refractivity contribution < 1.29 is 71.2 Å². The summed E-state index contributed by atoms with van der Waals surface area (Å²) >= 11 is 0. The summed E-state index contributed by atoms with van der Waals surface area (Å²) < 4.78 is 1.14. The van der Waals surface area contributed by atoms with Crippen molar-refractivity contribution in [3.8, 4) is 11.8 Å². The first kappa shape index (κ1) is 17.3. The van der Waals surface area contributed by atoms with Crippen molar-refractivity contribution in [3.05, 3.63) is 41.1 Å². The molecule has 0 saturated heterocycles. The molecule has 0 radical (unpaired) electrons. The largest absolute Gasteiger partial charge is 1.00 e. The van der Waals surface area contributed by atoms with Crippen LogP contribution in [0, 0.1) is 11.3 Å². The average Bonchev–Trinajstić information content (AvgIpc) is 2.78. The third-order valence-corrected chi connectivity index (χ3v) is 2.62. The van der Waals surface area contributed by atoms with E-state index in [0.717, 1.165) is 16.8 Å². The third-order valence-electron chi connectivity index (χ3n) is 2.62. The van der Waals surface area contributed by atoms with Crippen molar-refractivity contribution in [1.29, 1.82) is 5.26 Å². The molecule has 3 N–H and O–H groups in total. The van der Waals surface area contributed by atoms with Crippen molar-refractivity contribution in [3.63, 3.8) is 0 Å². The minimum Gasteiger partial charge on any atom is -0.545 e. The van der Waals surface area contributed by atoms with Crippen LogP contribution in [-0.4, -0.2) is 26.8 Å². The van der Waals surface area contributed by atoms with Gasteiger partial charge in [-0.3, -0.25) is 0 Å². The summed E-state index contributed by atoms with van der Waals surface area (Å²) in [6.45, 7) is 0. The van der Waals surface area contributed by atoms with Crippen molar-refractivity contribution in [2.24, 2.45) is 0 Å². The van der Waals surface area contributed by atoms with Crippen LogP contribution in [0.5, 0.6) is 0 Å². The van der Waals surface area contributed by atoms with E-state index in [0.29, 0.717) is 0 Å². The van der Waals surface area contributed by atoms with Gasteiger partial charge in [0.1, 0.15) is 17.5 Å². The molecule has 0 fully saturated rings. The maximum absolute atomic E-state index is 11.0. The number of anilines is 1. The summed E-state index contributed by atoms with van der Waals surface area (Å²) in [7, 11) is 0. The van der Waals surface area contributed by atoms with E-state index in [1.165, 1.54) is 12.3 Å². The summed E-state index contributed by atoms with van der Waals surface area (Å²) in [6.07, 6.45) is 1.22. The number of nitrogens with zero attached hydrogens (tertiary/aromatic N) is 3. The van der Waals surface area contributed by atoms with E-state index in [9.17, 15) is 14.7 Å². The number of hydrogen-bond donors (Lipinski definition) is 2. The van der Waals surface area contributed by atoms with Gasteiger partial charge in [-0.1, -0.05) is 0 Å². The van der Waals surface area contributed by atoms with Gasteiger partial charge in [-0.25, -0.2) is 9.48 Å². The van der Waals surface area contributed by atoms with Gasteiger partial charge >= 0.3 is 57.4 Å². The van der Waals surface area contributed by atoms with Gasteiger partial charge in [0.05, 0.1) is 23.4 Å². The molecule has 0 unspecified atom stereocenters. The van der Waals surface area contributed by atoms with Gasteiger partial charge < -0.3 is 20.7 Å². The maximum Gasteiger partial charge on any atom is 1.00 e. The number of carbonyl (C=O) groups excluding carboxylic acids is 1. The Hall–Kier alpha value is -1.70. The van der Waals surface area contributed by atoms with Crippen LogP contribution in [0.4, 0.5) is 5.82 Å². The third kappa shape index (κ3) is 3.31. The molecule has 100 valence electrons. The minimum absolute atomic E-state index is 0. The molecule has 0 amide bonds. The number of nitrogen functional groups attached to an aromatic ring is 1. The van der Waals surface area contributed by atoms with Gasteiger partial charge in [0.25, 0.3) is 0 Å². The number of nitriles is 1. The molecule has 0 spiro atoms. The average molecular weight is 310 g/mol. The Morgan fingerprint density at radius 1 is 1.38 bits per heavy atom. The first-order chi connectivity index (χ1) is 9.45. The summed E-state index contributed by atoms with van der Waals surface area (Å²) in [5, 5.41) is 32.5. The summed E-state index contributed by atoms with van der Waals surface area (Å²) in [5.74, 6) is -2.99. The predicted molar refractivity (Wildman–Crippen MR) is 64.0 cm³/mol. The second-order valence-corrected chi connectivity index (χ2v) is 3.79. The molecule has 9 heteroatoms. The molecule has 2 aromatic rings. The zero-order valence-corrected chi connectivity index (χ0v) is 14.0. The fourth-order valence-electron chi connectivity index (χ4n) is 1.67. The van der Waals surface area contributed by atoms with Crippen LogP contribution in [0.25, 0.3) is 5.69 Å². The van der Waals surface area contributed by atoms with Crippen LogP contribution >= 0.6 is 0 Å². The molecule has 21 heavy (non-hydrogen) atoms. The minimum atomic E-state index is -1.63. The summed E-state index contributed by atoms with van der Waals surface area (Å²) in [6, 6.07) is 5.33. The fourth-order valence-corrected chi connectivity index (χ4v) is 1.67. The second kappa shape index (κ2) is 6.84. The van der Waals surface area contributed by atoms with Crippen LogP contribution in [0.2, 0.25) is 0 Å². The number of nitrogens with two attached hydrogens (primary N) is 1. The molecule has 0 saturated carbocycles. The van der Waals surface area contributed by atoms with E-state index >= 15 is 0 Å². The zero-order valence-electron chi connectivity index (χ0n) is 10.9. The van der Waals surface area contributed by atoms with Crippen molar-refractivity contribution in [2.45, 2.75) is 0 Å². The van der Waals surface area contributed by atoms with Crippen molar-refractivity contribution in [1.82, 2.24) is 9.78 Å². The van der Waals surface area contributed by atoms with Crippen LogP contribution in [0.3, 0.4) is 0 Å². The van der Waals surface area contributed by atoms with Crippen LogP contribution in [-0.2, 0) is 0 Å². The van der Waals surface area contributed by atoms with Crippen molar-refractivity contribution in [2.75, 3.05) is 5.73 Å². The van der Waals surface area contributed by atoms with Gasteiger partial charge in [-0.15, -0.1) is 0 Å². The van der Waals surface area contributed by atoms with E-state index in [2.05, 4.69) is 5.10 Å². The molecule has 0 bridgehead atoms. The Kier molecular flexibility index (Phi) is 5.65. The number of aromatic carboxylic acids is 2. The van der Waals surface area contributed by atoms with Gasteiger partial charge in [0.15, 0.2) is 0 Å². The Bertz CT molecular complexity index is 763. The Morgan fingerprint density at radius 2 is 2.05 bits per heavy atom. The molecule has 0 aliphatic heterocycles. The molecule has 1 aromatic heterocycles. The number of carbonyl (C=O) groups is 2. The summed E-state index contributed by atoms with van der Waals surface area (Å²) in [4.78, 5) is 21.9. The zero-order chi connectivity index (χ0) is 14.9. The molecular weight excluding hydrogens is 303 g/mol. The van der Waals surface area contributed by atoms with Crippen LogP contribution in [0.15, 0.2) is 24.4 Å². The predicted octanol–water partition coefficient (Wildman–Crippen LogP) is -3.61. The first-order valence-electron chi connectivity index (χ1n) is 5.28. The summed E-state index contributed by atoms with van der Waals surface area (Å²) in [5.41, 5.74) is 5.11. The van der Waals surface area contributed by atoms with E-state index in [1.807, 2.05) is 6.07 Å². The molecule has 0 aliphatic carbocycles. The Labute approximate surface area is 161 Å². The number of aromatic nitrogens is 2. The molecule has 1 aromatic carbocycles. The van der Waals surface area contributed by atoms with Gasteiger partial charge in [0, 0.05) is 5.56 Å². The normalized spacial score (nSPS) is 9.48. The molecule has 0 atom stereocenters. The Morgan fingerprint density at radius 3 is 2.52 bits per heavy atom. The van der Waals surface area contributed by atoms with E-state index < -0.39 is 23.1 Å². The smallest absolute Gasteiger partial charge is 0.545 e. The van der Waals surface area contributed by atoms with Gasteiger partial charge in [-0.05, 0) is 18.2 Å². The molecule has 1 heterocycles. The maximum atomic E-state index is 11.0. The van der Waals surface area contributed by atoms with Crippen molar-refractivity contribution >= 4 is 17.8 Å². The van der Waals surface area contributed by atoms with E-state index in [4.69, 9.17) is 16.1 Å². The molecule has 8 nitrogen and oxygen atoms in total. The van der Waals surface area contributed by atoms with Crippen LogP contribution < -0.4 is 62.2 Å². The van der Waals surface area contributed by atoms with E-state index in [1.54, 1.807) is 0 Å². The van der Waals surface area contributed by atoms with Crippen LogP contribution in [0.1, 0.15) is 26.3 Å². The number of benzene rings is 1.